The van der Waals surface area contributed by atoms with Gasteiger partial charge in [0.05, 0.1) is 30.1 Å². The number of ether oxygens (including phenoxy) is 1. The summed E-state index contributed by atoms with van der Waals surface area (Å²) in [4.78, 5) is 29.7. The van der Waals surface area contributed by atoms with Crippen LogP contribution in [0.3, 0.4) is 0 Å². The minimum atomic E-state index is -0.0495. The Bertz CT molecular complexity index is 833. The molecule has 4 rings (SSSR count). The number of H-pyrrole nitrogens is 1. The zero-order chi connectivity index (χ0) is 15.6. The summed E-state index contributed by atoms with van der Waals surface area (Å²) in [6.07, 6.45) is 7.13. The van der Waals surface area contributed by atoms with Crippen molar-refractivity contribution in [3.63, 3.8) is 0 Å². The lowest BCUT2D eigenvalue weighted by atomic mass is 10.2. The molecule has 1 unspecified atom stereocenters. The molecule has 1 atom stereocenters. The Balaban J connectivity index is 1.45. The summed E-state index contributed by atoms with van der Waals surface area (Å²) in [5.74, 6) is 0.498. The molecule has 1 aliphatic rings. The van der Waals surface area contributed by atoms with E-state index in [2.05, 4.69) is 19.9 Å². The Labute approximate surface area is 132 Å². The van der Waals surface area contributed by atoms with Crippen LogP contribution in [-0.2, 0) is 0 Å². The molecule has 1 fully saturated rings. The van der Waals surface area contributed by atoms with Gasteiger partial charge in [0.15, 0.2) is 0 Å². The Hall–Kier alpha value is -2.96. The first-order chi connectivity index (χ1) is 11.3. The van der Waals surface area contributed by atoms with Gasteiger partial charge in [0.25, 0.3) is 5.91 Å². The smallest absolute Gasteiger partial charge is 0.254 e. The number of carbonyl (C=O) groups is 1. The molecular weight excluding hydrogens is 294 g/mol. The molecular formula is C16H15N5O2. The highest BCUT2D eigenvalue weighted by Crippen LogP contribution is 2.19. The third-order valence-electron chi connectivity index (χ3n) is 3.93. The van der Waals surface area contributed by atoms with E-state index in [9.17, 15) is 4.79 Å². The van der Waals surface area contributed by atoms with Crippen LogP contribution in [0.25, 0.3) is 11.0 Å². The first kappa shape index (κ1) is 13.7. The Morgan fingerprint density at radius 2 is 2.26 bits per heavy atom. The number of rotatable bonds is 3. The normalized spacial score (nSPS) is 17.6. The molecule has 0 aliphatic carbocycles. The van der Waals surface area contributed by atoms with Gasteiger partial charge in [0.1, 0.15) is 6.10 Å². The lowest BCUT2D eigenvalue weighted by Crippen LogP contribution is -2.31. The number of nitrogens with one attached hydrogen (secondary N) is 1. The quantitative estimate of drug-likeness (QED) is 0.795. The lowest BCUT2D eigenvalue weighted by molar-refractivity contribution is 0.0771. The fraction of sp³-hybridized carbons (Fsp3) is 0.250. The fourth-order valence-electron chi connectivity index (χ4n) is 2.78. The van der Waals surface area contributed by atoms with Gasteiger partial charge in [0.2, 0.25) is 5.88 Å². The number of amides is 1. The molecule has 2 aromatic heterocycles. The number of aromatic nitrogens is 4. The zero-order valence-electron chi connectivity index (χ0n) is 12.3. The first-order valence-corrected chi connectivity index (χ1v) is 7.45. The third-order valence-corrected chi connectivity index (χ3v) is 3.93. The first-order valence-electron chi connectivity index (χ1n) is 7.45. The number of likely N-dealkylation sites (tertiary alicyclic amines) is 1. The van der Waals surface area contributed by atoms with E-state index in [1.807, 2.05) is 18.2 Å². The molecule has 0 saturated carbocycles. The van der Waals surface area contributed by atoms with E-state index >= 15 is 0 Å². The number of imidazole rings is 1. The Morgan fingerprint density at radius 1 is 1.30 bits per heavy atom. The van der Waals surface area contributed by atoms with Gasteiger partial charge in [-0.05, 0) is 18.2 Å². The van der Waals surface area contributed by atoms with Gasteiger partial charge < -0.3 is 14.6 Å². The molecule has 1 amide bonds. The van der Waals surface area contributed by atoms with Crippen LogP contribution in [0, 0.1) is 0 Å². The predicted molar refractivity (Wildman–Crippen MR) is 83.1 cm³/mol. The van der Waals surface area contributed by atoms with Gasteiger partial charge in [-0.25, -0.2) is 9.97 Å². The van der Waals surface area contributed by atoms with Crippen LogP contribution < -0.4 is 4.74 Å². The second kappa shape index (κ2) is 5.68. The monoisotopic (exact) mass is 309 g/mol. The highest BCUT2D eigenvalue weighted by molar-refractivity contribution is 5.97. The van der Waals surface area contributed by atoms with Crippen molar-refractivity contribution < 1.29 is 9.53 Å². The Kier molecular flexibility index (Phi) is 3.38. The number of carbonyl (C=O) groups excluding carboxylic acids is 1. The fourth-order valence-corrected chi connectivity index (χ4v) is 2.78. The maximum absolute atomic E-state index is 12.6. The molecule has 0 spiro atoms. The molecule has 3 aromatic rings. The van der Waals surface area contributed by atoms with Crippen LogP contribution in [0.4, 0.5) is 0 Å². The standard InChI is InChI=1S/C16H15N5O2/c22-16(11-1-2-13-14(7-11)20-10-19-13)21-6-3-12(9-21)23-15-8-17-4-5-18-15/h1-2,4-5,7-8,10,12H,3,6,9H2,(H,19,20). The number of benzene rings is 1. The molecule has 0 bridgehead atoms. The van der Waals surface area contributed by atoms with E-state index in [0.717, 1.165) is 17.5 Å². The van der Waals surface area contributed by atoms with Crippen LogP contribution in [0.5, 0.6) is 5.88 Å². The SMILES string of the molecule is O=C(c1ccc2nc[nH]c2c1)N1CCC(Oc2cnccn2)C1. The van der Waals surface area contributed by atoms with E-state index in [1.165, 1.54) is 0 Å². The van der Waals surface area contributed by atoms with Crippen LogP contribution in [0.1, 0.15) is 16.8 Å². The second-order valence-corrected chi connectivity index (χ2v) is 5.46. The number of hydrogen-bond acceptors (Lipinski definition) is 5. The van der Waals surface area contributed by atoms with Crippen LogP contribution in [0.2, 0.25) is 0 Å². The summed E-state index contributed by atoms with van der Waals surface area (Å²) in [6.45, 7) is 1.22. The molecule has 1 aliphatic heterocycles. The molecule has 116 valence electrons. The van der Waals surface area contributed by atoms with E-state index < -0.39 is 0 Å². The van der Waals surface area contributed by atoms with Gasteiger partial charge >= 0.3 is 0 Å². The molecule has 1 saturated heterocycles. The molecule has 1 N–H and O–H groups in total. The van der Waals surface area contributed by atoms with E-state index in [1.54, 1.807) is 29.8 Å². The largest absolute Gasteiger partial charge is 0.471 e. The summed E-state index contributed by atoms with van der Waals surface area (Å²) in [5.41, 5.74) is 2.37. The van der Waals surface area contributed by atoms with Crippen LogP contribution in [-0.4, -0.2) is 49.9 Å². The van der Waals surface area contributed by atoms with Gasteiger partial charge in [-0.2, -0.15) is 0 Å². The highest BCUT2D eigenvalue weighted by atomic mass is 16.5. The lowest BCUT2D eigenvalue weighted by Gasteiger charge is -2.17. The van der Waals surface area contributed by atoms with Crippen LogP contribution >= 0.6 is 0 Å². The zero-order valence-corrected chi connectivity index (χ0v) is 12.3. The van der Waals surface area contributed by atoms with Crippen molar-refractivity contribution in [2.24, 2.45) is 0 Å². The molecule has 7 heteroatoms. The summed E-state index contributed by atoms with van der Waals surface area (Å²) >= 11 is 0. The van der Waals surface area contributed by atoms with Crippen LogP contribution in [0.15, 0.2) is 43.1 Å². The third kappa shape index (κ3) is 2.73. The summed E-state index contributed by atoms with van der Waals surface area (Å²) < 4.78 is 5.77. The molecule has 3 heterocycles. The average Bonchev–Trinajstić information content (AvgIpc) is 3.23. The van der Waals surface area contributed by atoms with E-state index in [0.29, 0.717) is 24.5 Å². The van der Waals surface area contributed by atoms with Crippen molar-refractivity contribution in [3.05, 3.63) is 48.7 Å². The van der Waals surface area contributed by atoms with Crippen molar-refractivity contribution in [2.45, 2.75) is 12.5 Å². The average molecular weight is 309 g/mol. The summed E-state index contributed by atoms with van der Waals surface area (Å²) in [7, 11) is 0. The van der Waals surface area contributed by atoms with Gasteiger partial charge in [0, 0.05) is 30.9 Å². The second-order valence-electron chi connectivity index (χ2n) is 5.46. The van der Waals surface area contributed by atoms with Gasteiger partial charge in [-0.15, -0.1) is 0 Å². The van der Waals surface area contributed by atoms with Crippen molar-refractivity contribution in [3.8, 4) is 5.88 Å². The highest BCUT2D eigenvalue weighted by Gasteiger charge is 2.28. The number of nitrogens with zero attached hydrogens (tertiary/aromatic N) is 4. The van der Waals surface area contributed by atoms with Crippen molar-refractivity contribution >= 4 is 16.9 Å². The maximum Gasteiger partial charge on any atom is 0.254 e. The number of aromatic amines is 1. The number of hydrogen-bond donors (Lipinski definition) is 1. The van der Waals surface area contributed by atoms with Crippen molar-refractivity contribution in [1.29, 1.82) is 0 Å². The van der Waals surface area contributed by atoms with E-state index in [4.69, 9.17) is 4.74 Å². The topological polar surface area (TPSA) is 84.0 Å². The predicted octanol–water partition coefficient (Wildman–Crippen LogP) is 1.65. The molecule has 7 nitrogen and oxygen atoms in total. The summed E-state index contributed by atoms with van der Waals surface area (Å²) in [6, 6.07) is 5.49. The van der Waals surface area contributed by atoms with Gasteiger partial charge in [-0.1, -0.05) is 0 Å². The molecule has 1 aromatic carbocycles. The van der Waals surface area contributed by atoms with E-state index in [-0.39, 0.29) is 12.0 Å². The van der Waals surface area contributed by atoms with Crippen molar-refractivity contribution in [1.82, 2.24) is 24.8 Å². The van der Waals surface area contributed by atoms with Gasteiger partial charge in [-0.3, -0.25) is 9.78 Å². The molecule has 23 heavy (non-hydrogen) atoms. The maximum atomic E-state index is 12.6. The Morgan fingerprint density at radius 3 is 3.13 bits per heavy atom. The number of fused-ring (bicyclic) bond motifs is 1. The molecule has 0 radical (unpaired) electrons. The minimum Gasteiger partial charge on any atom is -0.471 e. The summed E-state index contributed by atoms with van der Waals surface area (Å²) in [5, 5.41) is 0. The van der Waals surface area contributed by atoms with Crippen molar-refractivity contribution in [2.75, 3.05) is 13.1 Å². The minimum absolute atomic E-state index is 0.00625.